The lowest BCUT2D eigenvalue weighted by atomic mass is 9.90. The third kappa shape index (κ3) is 2.37. The molecule has 0 aliphatic carbocycles. The van der Waals surface area contributed by atoms with Crippen molar-refractivity contribution in [2.24, 2.45) is 0 Å². The highest BCUT2D eigenvalue weighted by Gasteiger charge is 2.49. The highest BCUT2D eigenvalue weighted by molar-refractivity contribution is 6.20. The minimum Gasteiger partial charge on any atom is -0.436 e. The summed E-state index contributed by atoms with van der Waals surface area (Å²) in [5, 5.41) is 14.5. The van der Waals surface area contributed by atoms with Crippen LogP contribution in [0.5, 0.6) is 0 Å². The van der Waals surface area contributed by atoms with Crippen LogP contribution in [-0.2, 0) is 4.79 Å². The number of nitrogens with one attached hydrogen (secondary N) is 2. The van der Waals surface area contributed by atoms with Crippen molar-refractivity contribution in [2.45, 2.75) is 25.0 Å². The van der Waals surface area contributed by atoms with E-state index < -0.39 is 6.04 Å². The van der Waals surface area contributed by atoms with Gasteiger partial charge in [0.1, 0.15) is 23.3 Å². The van der Waals surface area contributed by atoms with Crippen molar-refractivity contribution in [2.75, 3.05) is 0 Å². The van der Waals surface area contributed by atoms with E-state index in [0.717, 1.165) is 5.56 Å². The lowest BCUT2D eigenvalue weighted by Crippen LogP contribution is -2.54. The van der Waals surface area contributed by atoms with Gasteiger partial charge in [-0.15, -0.1) is 0 Å². The average Bonchev–Trinajstić information content (AvgIpc) is 3.29. The molecule has 3 unspecified atom stereocenters. The van der Waals surface area contributed by atoms with Gasteiger partial charge < -0.3 is 9.73 Å². The number of carbonyl (C=O) groups excluding carboxylic acids is 1. The summed E-state index contributed by atoms with van der Waals surface area (Å²) in [6.07, 6.45) is 2.82. The average molecular weight is 372 g/mol. The van der Waals surface area contributed by atoms with E-state index >= 15 is 0 Å². The molecule has 0 radical (unpaired) electrons. The van der Waals surface area contributed by atoms with E-state index in [1.807, 2.05) is 37.3 Å². The number of benzene rings is 1. The maximum atomic E-state index is 13.3. The van der Waals surface area contributed by atoms with Crippen LogP contribution in [0.25, 0.3) is 16.7 Å². The molecule has 2 aromatic heterocycles. The predicted molar refractivity (Wildman–Crippen MR) is 99.9 cm³/mol. The first kappa shape index (κ1) is 16.5. The Balaban J connectivity index is 1.57. The summed E-state index contributed by atoms with van der Waals surface area (Å²) in [5.41, 5.74) is 6.17. The lowest BCUT2D eigenvalue weighted by molar-refractivity contribution is -0.130. The van der Waals surface area contributed by atoms with E-state index in [9.17, 15) is 10.1 Å². The summed E-state index contributed by atoms with van der Waals surface area (Å²) in [4.78, 5) is 21.7. The Hall–Kier alpha value is -3.70. The normalized spacial score (nSPS) is 24.2. The summed E-state index contributed by atoms with van der Waals surface area (Å²) < 4.78 is 5.77. The number of hydrazine groups is 1. The summed E-state index contributed by atoms with van der Waals surface area (Å²) in [6, 6.07) is 13.2. The predicted octanol–water partition coefficient (Wildman–Crippen LogP) is 1.91. The van der Waals surface area contributed by atoms with E-state index in [1.54, 1.807) is 18.5 Å². The number of allylic oxidation sites excluding steroid dienone is 1. The Morgan fingerprint density at radius 1 is 1.25 bits per heavy atom. The van der Waals surface area contributed by atoms with Gasteiger partial charge in [-0.25, -0.2) is 15.4 Å². The summed E-state index contributed by atoms with van der Waals surface area (Å²) >= 11 is 0. The summed E-state index contributed by atoms with van der Waals surface area (Å²) in [7, 11) is 0. The zero-order chi connectivity index (χ0) is 19.3. The zero-order valence-electron chi connectivity index (χ0n) is 15.0. The molecular formula is C20H16N6O2. The van der Waals surface area contributed by atoms with Gasteiger partial charge in [-0.1, -0.05) is 30.3 Å². The quantitative estimate of drug-likeness (QED) is 0.707. The first-order valence-electron chi connectivity index (χ1n) is 8.90. The smallest absolute Gasteiger partial charge is 0.277 e. The zero-order valence-corrected chi connectivity index (χ0v) is 15.0. The number of nitrogens with zero attached hydrogens (tertiary/aromatic N) is 4. The SMILES string of the molecule is CC1=C(c2nc3cnccc3o2)C(=O)N2NC(C#N)C(c3ccccc3)C2N1. The number of carbonyl (C=O) groups is 1. The summed E-state index contributed by atoms with van der Waals surface area (Å²) in [5.74, 6) is -0.256. The molecule has 3 aromatic rings. The molecule has 138 valence electrons. The van der Waals surface area contributed by atoms with Crippen LogP contribution in [0.4, 0.5) is 0 Å². The van der Waals surface area contributed by atoms with Crippen LogP contribution in [0.2, 0.25) is 0 Å². The van der Waals surface area contributed by atoms with E-state index in [2.05, 4.69) is 26.8 Å². The van der Waals surface area contributed by atoms with Gasteiger partial charge in [0, 0.05) is 18.0 Å². The molecule has 1 saturated heterocycles. The topological polar surface area (TPSA) is 107 Å². The van der Waals surface area contributed by atoms with Crippen molar-refractivity contribution >= 4 is 22.6 Å². The molecule has 0 saturated carbocycles. The third-order valence-electron chi connectivity index (χ3n) is 5.15. The molecule has 3 atom stereocenters. The van der Waals surface area contributed by atoms with Gasteiger partial charge in [0.25, 0.3) is 5.91 Å². The molecule has 0 bridgehead atoms. The fraction of sp³-hybridized carbons (Fsp3) is 0.200. The molecule has 2 N–H and O–H groups in total. The molecule has 1 fully saturated rings. The van der Waals surface area contributed by atoms with Crippen LogP contribution in [-0.4, -0.2) is 33.1 Å². The largest absolute Gasteiger partial charge is 0.436 e. The lowest BCUT2D eigenvalue weighted by Gasteiger charge is -2.34. The van der Waals surface area contributed by atoms with Crippen molar-refractivity contribution in [1.82, 2.24) is 25.7 Å². The first-order chi connectivity index (χ1) is 13.7. The molecule has 1 aromatic carbocycles. The molecule has 0 spiro atoms. The van der Waals surface area contributed by atoms with Crippen molar-refractivity contribution < 1.29 is 9.21 Å². The van der Waals surface area contributed by atoms with Gasteiger partial charge in [-0.3, -0.25) is 9.78 Å². The third-order valence-corrected chi connectivity index (χ3v) is 5.15. The summed E-state index contributed by atoms with van der Waals surface area (Å²) in [6.45, 7) is 1.82. The van der Waals surface area contributed by atoms with Gasteiger partial charge in [-0.05, 0) is 12.5 Å². The second-order valence-electron chi connectivity index (χ2n) is 6.80. The van der Waals surface area contributed by atoms with Crippen molar-refractivity contribution in [3.8, 4) is 6.07 Å². The molecule has 8 heteroatoms. The highest BCUT2D eigenvalue weighted by Crippen LogP contribution is 2.36. The molecule has 5 rings (SSSR count). The Kier molecular flexibility index (Phi) is 3.64. The van der Waals surface area contributed by atoms with Gasteiger partial charge in [0.15, 0.2) is 5.58 Å². The molecule has 8 nitrogen and oxygen atoms in total. The second kappa shape index (κ2) is 6.18. The number of fused-ring (bicyclic) bond motifs is 2. The van der Waals surface area contributed by atoms with Gasteiger partial charge in [-0.2, -0.15) is 5.26 Å². The van der Waals surface area contributed by atoms with E-state index in [-0.39, 0.29) is 23.9 Å². The Morgan fingerprint density at radius 2 is 2.07 bits per heavy atom. The molecule has 28 heavy (non-hydrogen) atoms. The molecule has 1 amide bonds. The van der Waals surface area contributed by atoms with Gasteiger partial charge in [0.2, 0.25) is 5.89 Å². The van der Waals surface area contributed by atoms with Crippen molar-refractivity contribution in [3.63, 3.8) is 0 Å². The molecular weight excluding hydrogens is 356 g/mol. The van der Waals surface area contributed by atoms with Crippen LogP contribution < -0.4 is 10.7 Å². The van der Waals surface area contributed by atoms with E-state index in [0.29, 0.717) is 22.4 Å². The number of hydrogen-bond donors (Lipinski definition) is 2. The number of oxazole rings is 1. The van der Waals surface area contributed by atoms with Crippen LogP contribution >= 0.6 is 0 Å². The first-order valence-corrected chi connectivity index (χ1v) is 8.90. The number of aromatic nitrogens is 2. The Bertz CT molecular complexity index is 1110. The Labute approximate surface area is 160 Å². The van der Waals surface area contributed by atoms with E-state index in [4.69, 9.17) is 4.42 Å². The standard InChI is InChI=1S/C20H16N6O2/c1-11-16(19-24-14-10-22-8-7-15(14)28-19)20(27)26-18(23-11)17(13(9-21)25-26)12-5-3-2-4-6-12/h2-8,10,13,17-18,23,25H,1H3. The molecule has 4 heterocycles. The minimum absolute atomic E-state index is 0.209. The molecule has 2 aliphatic rings. The minimum atomic E-state index is -0.538. The van der Waals surface area contributed by atoms with Crippen molar-refractivity contribution in [3.05, 3.63) is 65.9 Å². The Morgan fingerprint density at radius 3 is 2.82 bits per heavy atom. The number of pyridine rings is 1. The van der Waals surface area contributed by atoms with Crippen LogP contribution in [0.15, 0.2) is 58.9 Å². The van der Waals surface area contributed by atoms with Crippen LogP contribution in [0, 0.1) is 11.3 Å². The monoisotopic (exact) mass is 372 g/mol. The number of hydrogen-bond acceptors (Lipinski definition) is 7. The number of rotatable bonds is 2. The van der Waals surface area contributed by atoms with Crippen LogP contribution in [0.3, 0.4) is 0 Å². The second-order valence-corrected chi connectivity index (χ2v) is 6.80. The fourth-order valence-electron chi connectivity index (χ4n) is 3.87. The van der Waals surface area contributed by atoms with Gasteiger partial charge >= 0.3 is 0 Å². The number of amides is 1. The van der Waals surface area contributed by atoms with E-state index in [1.165, 1.54) is 5.01 Å². The van der Waals surface area contributed by atoms with Gasteiger partial charge in [0.05, 0.1) is 18.2 Å². The molecule has 2 aliphatic heterocycles. The maximum Gasteiger partial charge on any atom is 0.277 e. The van der Waals surface area contributed by atoms with Crippen molar-refractivity contribution in [1.29, 1.82) is 5.26 Å². The maximum absolute atomic E-state index is 13.3. The highest BCUT2D eigenvalue weighted by atomic mass is 16.3. The number of nitriles is 1. The fourth-order valence-corrected chi connectivity index (χ4v) is 3.87. The van der Waals surface area contributed by atoms with Crippen LogP contribution in [0.1, 0.15) is 24.3 Å².